The van der Waals surface area contributed by atoms with E-state index in [0.717, 1.165) is 6.07 Å². The molecule has 5 nitrogen and oxygen atoms in total. The fourth-order valence-corrected chi connectivity index (χ4v) is 2.96. The smallest absolute Gasteiger partial charge is 0.416 e. The van der Waals surface area contributed by atoms with E-state index in [9.17, 15) is 13.2 Å². The summed E-state index contributed by atoms with van der Waals surface area (Å²) in [6.07, 6.45) is -3.22. The van der Waals surface area contributed by atoms with Gasteiger partial charge in [-0.2, -0.15) is 18.3 Å². The van der Waals surface area contributed by atoms with E-state index in [2.05, 4.69) is 15.2 Å². The molecule has 0 fully saturated rings. The van der Waals surface area contributed by atoms with Gasteiger partial charge >= 0.3 is 6.18 Å². The topological polar surface area (TPSA) is 60.0 Å². The van der Waals surface area contributed by atoms with Crippen molar-refractivity contribution in [1.29, 1.82) is 0 Å². The van der Waals surface area contributed by atoms with Crippen molar-refractivity contribution < 1.29 is 22.6 Å². The first-order valence-electron chi connectivity index (χ1n) is 8.26. The summed E-state index contributed by atoms with van der Waals surface area (Å²) in [7, 11) is 1.36. The Kier molecular flexibility index (Phi) is 5.62. The summed E-state index contributed by atoms with van der Waals surface area (Å²) in [5.74, 6) is 0.844. The number of methoxy groups -OCH3 is 1. The standard InChI is InChI=1S/C19H17ClF3N3O2/c1-18(27-2,10-17-24-11-25-26-17)15-8-7-14(9-16(15)19(21,22)23)28-13-5-3-12(20)4-6-13/h3-9,11H,10H2,1-2H3,(H,24,25,26). The molecule has 1 unspecified atom stereocenters. The van der Waals surface area contributed by atoms with Crippen molar-refractivity contribution in [3.05, 3.63) is 70.8 Å². The van der Waals surface area contributed by atoms with Crippen molar-refractivity contribution in [2.24, 2.45) is 0 Å². The Morgan fingerprint density at radius 1 is 1.04 bits per heavy atom. The molecule has 0 saturated carbocycles. The van der Waals surface area contributed by atoms with Gasteiger partial charge in [-0.1, -0.05) is 17.7 Å². The highest BCUT2D eigenvalue weighted by Crippen LogP contribution is 2.41. The Labute approximate surface area is 164 Å². The van der Waals surface area contributed by atoms with E-state index in [1.165, 1.54) is 25.6 Å². The van der Waals surface area contributed by atoms with Crippen LogP contribution in [0.1, 0.15) is 23.9 Å². The molecule has 0 amide bonds. The van der Waals surface area contributed by atoms with Gasteiger partial charge in [-0.05, 0) is 48.9 Å². The third-order valence-corrected chi connectivity index (χ3v) is 4.59. The van der Waals surface area contributed by atoms with Crippen molar-refractivity contribution >= 4 is 11.6 Å². The highest BCUT2D eigenvalue weighted by atomic mass is 35.5. The van der Waals surface area contributed by atoms with E-state index in [-0.39, 0.29) is 17.7 Å². The van der Waals surface area contributed by atoms with E-state index in [1.807, 2.05) is 0 Å². The number of aromatic amines is 1. The molecule has 148 valence electrons. The monoisotopic (exact) mass is 411 g/mol. The summed E-state index contributed by atoms with van der Waals surface area (Å²) in [5, 5.41) is 6.88. The molecule has 0 aliphatic carbocycles. The largest absolute Gasteiger partial charge is 0.457 e. The van der Waals surface area contributed by atoms with Crippen LogP contribution >= 0.6 is 11.6 Å². The van der Waals surface area contributed by atoms with Crippen LogP contribution in [-0.2, 0) is 22.9 Å². The van der Waals surface area contributed by atoms with Gasteiger partial charge in [0.05, 0.1) is 11.2 Å². The van der Waals surface area contributed by atoms with E-state index in [1.54, 1.807) is 31.2 Å². The number of hydrogen-bond acceptors (Lipinski definition) is 4. The summed E-state index contributed by atoms with van der Waals surface area (Å²) in [5.41, 5.74) is -2.14. The van der Waals surface area contributed by atoms with Crippen molar-refractivity contribution in [1.82, 2.24) is 15.2 Å². The molecule has 9 heteroatoms. The summed E-state index contributed by atoms with van der Waals surface area (Å²) in [6, 6.07) is 10.1. The third kappa shape index (κ3) is 4.45. The minimum atomic E-state index is -4.60. The number of hydrogen-bond donors (Lipinski definition) is 1. The highest BCUT2D eigenvalue weighted by Gasteiger charge is 2.40. The zero-order chi connectivity index (χ0) is 20.4. The van der Waals surface area contributed by atoms with E-state index in [0.29, 0.717) is 16.6 Å². The summed E-state index contributed by atoms with van der Waals surface area (Å²) in [4.78, 5) is 3.98. The number of nitrogens with one attached hydrogen (secondary N) is 1. The molecule has 1 N–H and O–H groups in total. The van der Waals surface area contributed by atoms with Crippen LogP contribution in [0.15, 0.2) is 48.8 Å². The lowest BCUT2D eigenvalue weighted by Gasteiger charge is -2.30. The van der Waals surface area contributed by atoms with Crippen molar-refractivity contribution in [3.8, 4) is 11.5 Å². The Hall–Kier alpha value is -2.58. The lowest BCUT2D eigenvalue weighted by Crippen LogP contribution is -2.31. The first-order valence-corrected chi connectivity index (χ1v) is 8.63. The maximum atomic E-state index is 13.8. The van der Waals surface area contributed by atoms with E-state index < -0.39 is 17.3 Å². The molecule has 1 heterocycles. The first kappa shape index (κ1) is 20.2. The number of nitrogens with zero attached hydrogens (tertiary/aromatic N) is 2. The van der Waals surface area contributed by atoms with Gasteiger partial charge in [0.25, 0.3) is 0 Å². The average molecular weight is 412 g/mol. The second-order valence-electron chi connectivity index (χ2n) is 6.31. The molecule has 28 heavy (non-hydrogen) atoms. The molecule has 0 aliphatic heterocycles. The van der Waals surface area contributed by atoms with Gasteiger partial charge in [-0.3, -0.25) is 5.10 Å². The quantitative estimate of drug-likeness (QED) is 0.592. The number of halogens is 4. The number of aromatic nitrogens is 3. The molecule has 1 atom stereocenters. The Morgan fingerprint density at radius 2 is 1.71 bits per heavy atom. The number of alkyl halides is 3. The van der Waals surface area contributed by atoms with Gasteiger partial charge in [-0.25, -0.2) is 4.98 Å². The SMILES string of the molecule is COC(C)(Cc1ncn[nH]1)c1ccc(Oc2ccc(Cl)cc2)cc1C(F)(F)F. The molecule has 0 aliphatic rings. The van der Waals surface area contributed by atoms with Crippen molar-refractivity contribution in [2.45, 2.75) is 25.1 Å². The second kappa shape index (κ2) is 7.81. The molecular formula is C19H17ClF3N3O2. The fraction of sp³-hybridized carbons (Fsp3) is 0.263. The van der Waals surface area contributed by atoms with Crippen LogP contribution in [0.5, 0.6) is 11.5 Å². The molecule has 0 radical (unpaired) electrons. The number of rotatable bonds is 6. The van der Waals surface area contributed by atoms with Crippen LogP contribution in [0.3, 0.4) is 0 Å². The Balaban J connectivity index is 1.99. The van der Waals surface area contributed by atoms with Gasteiger partial charge in [0.1, 0.15) is 23.7 Å². The third-order valence-electron chi connectivity index (χ3n) is 4.34. The lowest BCUT2D eigenvalue weighted by molar-refractivity contribution is -0.141. The van der Waals surface area contributed by atoms with Gasteiger partial charge in [0.15, 0.2) is 0 Å². The zero-order valence-corrected chi connectivity index (χ0v) is 15.8. The normalized spacial score (nSPS) is 13.9. The molecule has 0 spiro atoms. The second-order valence-corrected chi connectivity index (χ2v) is 6.74. The van der Waals surface area contributed by atoms with Gasteiger partial charge < -0.3 is 9.47 Å². The lowest BCUT2D eigenvalue weighted by atomic mass is 9.87. The number of ether oxygens (including phenoxy) is 2. The number of H-pyrrole nitrogens is 1. The molecule has 2 aromatic carbocycles. The van der Waals surface area contributed by atoms with Crippen LogP contribution in [0.25, 0.3) is 0 Å². The molecular weight excluding hydrogens is 395 g/mol. The van der Waals surface area contributed by atoms with Gasteiger partial charge in [-0.15, -0.1) is 0 Å². The summed E-state index contributed by atoms with van der Waals surface area (Å²) in [6.45, 7) is 1.57. The average Bonchev–Trinajstić information content (AvgIpc) is 3.15. The summed E-state index contributed by atoms with van der Waals surface area (Å²) < 4.78 is 52.4. The van der Waals surface area contributed by atoms with Gasteiger partial charge in [0, 0.05) is 18.6 Å². The first-order chi connectivity index (χ1) is 13.2. The molecule has 1 aromatic heterocycles. The van der Waals surface area contributed by atoms with Crippen molar-refractivity contribution in [3.63, 3.8) is 0 Å². The van der Waals surface area contributed by atoms with Crippen molar-refractivity contribution in [2.75, 3.05) is 7.11 Å². The predicted octanol–water partition coefficient (Wildman–Crippen LogP) is 5.37. The van der Waals surface area contributed by atoms with Gasteiger partial charge in [0.2, 0.25) is 0 Å². The minimum Gasteiger partial charge on any atom is -0.457 e. The molecule has 3 rings (SSSR count). The fourth-order valence-electron chi connectivity index (χ4n) is 2.83. The van der Waals surface area contributed by atoms with Crippen LogP contribution < -0.4 is 4.74 Å². The van der Waals surface area contributed by atoms with Crippen LogP contribution in [0.2, 0.25) is 5.02 Å². The maximum Gasteiger partial charge on any atom is 0.416 e. The summed E-state index contributed by atoms with van der Waals surface area (Å²) >= 11 is 5.81. The maximum absolute atomic E-state index is 13.8. The Morgan fingerprint density at radius 3 is 2.29 bits per heavy atom. The zero-order valence-electron chi connectivity index (χ0n) is 15.0. The predicted molar refractivity (Wildman–Crippen MR) is 97.4 cm³/mol. The number of benzene rings is 2. The van der Waals surface area contributed by atoms with E-state index >= 15 is 0 Å². The van der Waals surface area contributed by atoms with Crippen LogP contribution in [0, 0.1) is 0 Å². The van der Waals surface area contributed by atoms with Crippen LogP contribution in [0.4, 0.5) is 13.2 Å². The molecule has 0 bridgehead atoms. The minimum absolute atomic E-state index is 0.0256. The van der Waals surface area contributed by atoms with E-state index in [4.69, 9.17) is 21.1 Å². The molecule has 0 saturated heterocycles. The van der Waals surface area contributed by atoms with Crippen LogP contribution in [-0.4, -0.2) is 22.3 Å². The highest BCUT2D eigenvalue weighted by molar-refractivity contribution is 6.30. The molecule has 3 aromatic rings. The Bertz CT molecular complexity index is 931.